The van der Waals surface area contributed by atoms with Crippen molar-refractivity contribution in [2.75, 3.05) is 13.7 Å². The molecule has 1 aliphatic heterocycles. The van der Waals surface area contributed by atoms with Gasteiger partial charge in [-0.1, -0.05) is 11.6 Å². The van der Waals surface area contributed by atoms with Gasteiger partial charge in [0.25, 0.3) is 0 Å². The van der Waals surface area contributed by atoms with Crippen LogP contribution in [0, 0.1) is 12.7 Å². The Morgan fingerprint density at radius 1 is 1.59 bits per heavy atom. The number of halogens is 2. The third-order valence-corrected chi connectivity index (χ3v) is 3.65. The molecule has 0 amide bonds. The minimum Gasteiger partial charge on any atom is -0.495 e. The first-order chi connectivity index (χ1) is 8.13. The van der Waals surface area contributed by atoms with Crippen molar-refractivity contribution >= 4 is 11.6 Å². The number of hydrogen-bond acceptors (Lipinski definition) is 2. The molecular weight excluding hydrogens is 241 g/mol. The number of ether oxygens (including phenoxy) is 1. The van der Waals surface area contributed by atoms with Gasteiger partial charge in [-0.2, -0.15) is 0 Å². The molecule has 1 atom stereocenters. The number of rotatable bonds is 3. The van der Waals surface area contributed by atoms with E-state index in [-0.39, 0.29) is 5.82 Å². The molecule has 0 aliphatic carbocycles. The summed E-state index contributed by atoms with van der Waals surface area (Å²) < 4.78 is 19.0. The standard InChI is InChI=1S/C13H17ClFNO/c1-8-10(6-9-4-3-5-16-9)13(17-2)11(14)7-12(8)15/h7,9,16H,3-6H2,1-2H3. The van der Waals surface area contributed by atoms with Crippen molar-refractivity contribution in [3.05, 3.63) is 28.0 Å². The predicted molar refractivity (Wildman–Crippen MR) is 67.4 cm³/mol. The first-order valence-electron chi connectivity index (χ1n) is 5.88. The Bertz CT molecular complexity index is 416. The number of hydrogen-bond donors (Lipinski definition) is 1. The quantitative estimate of drug-likeness (QED) is 0.899. The fraction of sp³-hybridized carbons (Fsp3) is 0.538. The summed E-state index contributed by atoms with van der Waals surface area (Å²) in [5, 5.41) is 3.75. The molecule has 1 aliphatic rings. The number of methoxy groups -OCH3 is 1. The molecule has 0 bridgehead atoms. The lowest BCUT2D eigenvalue weighted by Gasteiger charge is -2.17. The lowest BCUT2D eigenvalue weighted by atomic mass is 9.98. The Balaban J connectivity index is 2.35. The molecule has 2 rings (SSSR count). The van der Waals surface area contributed by atoms with E-state index < -0.39 is 0 Å². The zero-order chi connectivity index (χ0) is 12.4. The van der Waals surface area contributed by atoms with E-state index in [4.69, 9.17) is 16.3 Å². The first kappa shape index (κ1) is 12.7. The van der Waals surface area contributed by atoms with Gasteiger partial charge in [-0.15, -0.1) is 0 Å². The van der Waals surface area contributed by atoms with Crippen molar-refractivity contribution in [1.29, 1.82) is 0 Å². The maximum absolute atomic E-state index is 13.7. The topological polar surface area (TPSA) is 21.3 Å². The molecule has 1 unspecified atom stereocenters. The summed E-state index contributed by atoms with van der Waals surface area (Å²) in [6.45, 7) is 2.81. The van der Waals surface area contributed by atoms with Crippen molar-refractivity contribution in [2.45, 2.75) is 32.2 Å². The molecule has 2 nitrogen and oxygen atoms in total. The summed E-state index contributed by atoms with van der Waals surface area (Å²) in [5.74, 6) is 0.350. The van der Waals surface area contributed by atoms with Crippen LogP contribution in [0.5, 0.6) is 5.75 Å². The smallest absolute Gasteiger partial charge is 0.141 e. The van der Waals surface area contributed by atoms with E-state index in [9.17, 15) is 4.39 Å². The van der Waals surface area contributed by atoms with Crippen LogP contribution in [0.4, 0.5) is 4.39 Å². The Hall–Kier alpha value is -0.800. The van der Waals surface area contributed by atoms with E-state index in [1.165, 1.54) is 12.5 Å². The second-order valence-electron chi connectivity index (χ2n) is 4.47. The van der Waals surface area contributed by atoms with E-state index in [0.717, 1.165) is 24.9 Å². The van der Waals surface area contributed by atoms with Gasteiger partial charge in [0, 0.05) is 11.6 Å². The van der Waals surface area contributed by atoms with Crippen LogP contribution in [0.25, 0.3) is 0 Å². The van der Waals surface area contributed by atoms with Crippen molar-refractivity contribution in [3.63, 3.8) is 0 Å². The number of benzene rings is 1. The average Bonchev–Trinajstić information content (AvgIpc) is 2.78. The van der Waals surface area contributed by atoms with Gasteiger partial charge >= 0.3 is 0 Å². The molecule has 1 N–H and O–H groups in total. The summed E-state index contributed by atoms with van der Waals surface area (Å²) in [6.07, 6.45) is 3.07. The molecule has 1 heterocycles. The molecule has 1 fully saturated rings. The summed E-state index contributed by atoms with van der Waals surface area (Å²) in [6, 6.07) is 1.72. The minimum absolute atomic E-state index is 0.260. The van der Waals surface area contributed by atoms with Crippen LogP contribution in [-0.2, 0) is 6.42 Å². The van der Waals surface area contributed by atoms with Crippen molar-refractivity contribution in [1.82, 2.24) is 5.32 Å². The van der Waals surface area contributed by atoms with Gasteiger partial charge in [0.1, 0.15) is 11.6 Å². The molecular formula is C13H17ClFNO. The second-order valence-corrected chi connectivity index (χ2v) is 4.88. The molecule has 17 heavy (non-hydrogen) atoms. The van der Waals surface area contributed by atoms with Crippen LogP contribution in [-0.4, -0.2) is 19.7 Å². The van der Waals surface area contributed by atoms with E-state index >= 15 is 0 Å². The Morgan fingerprint density at radius 2 is 2.35 bits per heavy atom. The normalized spacial score (nSPS) is 19.6. The third-order valence-electron chi connectivity index (χ3n) is 3.37. The molecule has 1 aromatic carbocycles. The third kappa shape index (κ3) is 2.55. The van der Waals surface area contributed by atoms with Crippen LogP contribution in [0.3, 0.4) is 0 Å². The Kier molecular flexibility index (Phi) is 3.89. The largest absolute Gasteiger partial charge is 0.495 e. The van der Waals surface area contributed by atoms with Crippen LogP contribution < -0.4 is 10.1 Å². The summed E-state index contributed by atoms with van der Waals surface area (Å²) in [4.78, 5) is 0. The monoisotopic (exact) mass is 257 g/mol. The Morgan fingerprint density at radius 3 is 2.94 bits per heavy atom. The SMILES string of the molecule is COc1c(Cl)cc(F)c(C)c1CC1CCCN1. The first-order valence-corrected chi connectivity index (χ1v) is 6.26. The van der Waals surface area contributed by atoms with Gasteiger partial charge in [0.15, 0.2) is 0 Å². The van der Waals surface area contributed by atoms with Crippen LogP contribution in [0.15, 0.2) is 6.07 Å². The minimum atomic E-state index is -0.260. The van der Waals surface area contributed by atoms with Crippen LogP contribution in [0.2, 0.25) is 5.02 Å². The van der Waals surface area contributed by atoms with E-state index in [1.807, 2.05) is 0 Å². The van der Waals surface area contributed by atoms with Gasteiger partial charge in [-0.25, -0.2) is 4.39 Å². The van der Waals surface area contributed by atoms with Gasteiger partial charge in [0.05, 0.1) is 12.1 Å². The summed E-state index contributed by atoms with van der Waals surface area (Å²) >= 11 is 6.01. The van der Waals surface area contributed by atoms with Crippen molar-refractivity contribution in [2.24, 2.45) is 0 Å². The molecule has 0 radical (unpaired) electrons. The molecule has 0 aromatic heterocycles. The molecule has 0 spiro atoms. The highest BCUT2D eigenvalue weighted by Crippen LogP contribution is 2.34. The van der Waals surface area contributed by atoms with Gasteiger partial charge in [0.2, 0.25) is 0 Å². The summed E-state index contributed by atoms with van der Waals surface area (Å²) in [5.41, 5.74) is 1.52. The Labute approximate surface area is 106 Å². The molecule has 94 valence electrons. The van der Waals surface area contributed by atoms with Crippen LogP contribution >= 0.6 is 11.6 Å². The second kappa shape index (κ2) is 5.23. The highest BCUT2D eigenvalue weighted by Gasteiger charge is 2.21. The van der Waals surface area contributed by atoms with E-state index in [1.54, 1.807) is 14.0 Å². The fourth-order valence-electron chi connectivity index (χ4n) is 2.39. The van der Waals surface area contributed by atoms with Gasteiger partial charge < -0.3 is 10.1 Å². The van der Waals surface area contributed by atoms with Crippen molar-refractivity contribution < 1.29 is 9.13 Å². The highest BCUT2D eigenvalue weighted by atomic mass is 35.5. The maximum atomic E-state index is 13.7. The summed E-state index contributed by atoms with van der Waals surface area (Å²) in [7, 11) is 1.57. The highest BCUT2D eigenvalue weighted by molar-refractivity contribution is 6.32. The van der Waals surface area contributed by atoms with Crippen LogP contribution in [0.1, 0.15) is 24.0 Å². The van der Waals surface area contributed by atoms with E-state index in [0.29, 0.717) is 22.4 Å². The fourth-order valence-corrected chi connectivity index (χ4v) is 2.67. The average molecular weight is 258 g/mol. The van der Waals surface area contributed by atoms with E-state index in [2.05, 4.69) is 5.32 Å². The van der Waals surface area contributed by atoms with Gasteiger partial charge in [-0.3, -0.25) is 0 Å². The molecule has 1 saturated heterocycles. The number of nitrogens with one attached hydrogen (secondary N) is 1. The lowest BCUT2D eigenvalue weighted by Crippen LogP contribution is -2.24. The maximum Gasteiger partial charge on any atom is 0.141 e. The molecule has 1 aromatic rings. The molecule has 0 saturated carbocycles. The lowest BCUT2D eigenvalue weighted by molar-refractivity contribution is 0.404. The molecule has 4 heteroatoms. The zero-order valence-corrected chi connectivity index (χ0v) is 10.9. The zero-order valence-electron chi connectivity index (χ0n) is 10.1. The predicted octanol–water partition coefficient (Wildman–Crippen LogP) is 3.09. The van der Waals surface area contributed by atoms with Gasteiger partial charge in [-0.05, 0) is 44.4 Å². The van der Waals surface area contributed by atoms with Crippen molar-refractivity contribution in [3.8, 4) is 5.75 Å².